The Labute approximate surface area is 99.1 Å². The van der Waals surface area contributed by atoms with Crippen LogP contribution in [0.2, 0.25) is 0 Å². The molecule has 2 aliphatic rings. The molecule has 1 amide bonds. The fourth-order valence-corrected chi connectivity index (χ4v) is 2.07. The first-order chi connectivity index (χ1) is 8.28. The Morgan fingerprint density at radius 2 is 1.88 bits per heavy atom. The van der Waals surface area contributed by atoms with E-state index in [0.29, 0.717) is 19.0 Å². The number of hydrogen-bond donors (Lipinski definition) is 2. The minimum absolute atomic E-state index is 0.00308. The normalized spacial score (nSPS) is 21.2. The van der Waals surface area contributed by atoms with Crippen LogP contribution in [0.5, 0.6) is 11.5 Å². The van der Waals surface area contributed by atoms with Crippen molar-refractivity contribution < 1.29 is 14.3 Å². The van der Waals surface area contributed by atoms with Crippen LogP contribution in [-0.2, 0) is 4.79 Å². The Bertz CT molecular complexity index is 473. The standard InChI is InChI=1S/C12H14N2O3/c1-2-7-12(15)14-9-6-11-10(5-8(9)13-7)16-3-4-17-11/h5-7,13H,2-4H2,1H3,(H,14,15). The van der Waals surface area contributed by atoms with E-state index in [0.717, 1.165) is 23.5 Å². The van der Waals surface area contributed by atoms with Gasteiger partial charge >= 0.3 is 0 Å². The van der Waals surface area contributed by atoms with Crippen molar-refractivity contribution in [3.05, 3.63) is 12.1 Å². The molecule has 0 bridgehead atoms. The van der Waals surface area contributed by atoms with E-state index < -0.39 is 0 Å². The second kappa shape index (κ2) is 3.84. The third-order valence-corrected chi connectivity index (χ3v) is 2.99. The zero-order chi connectivity index (χ0) is 11.8. The second-order valence-corrected chi connectivity index (χ2v) is 4.14. The zero-order valence-corrected chi connectivity index (χ0v) is 9.58. The Morgan fingerprint density at radius 1 is 1.24 bits per heavy atom. The Balaban J connectivity index is 1.99. The van der Waals surface area contributed by atoms with Gasteiger partial charge in [-0.05, 0) is 6.42 Å². The van der Waals surface area contributed by atoms with Crippen molar-refractivity contribution >= 4 is 17.3 Å². The topological polar surface area (TPSA) is 59.6 Å². The first-order valence-electron chi connectivity index (χ1n) is 5.79. The molecule has 1 aromatic carbocycles. The van der Waals surface area contributed by atoms with Crippen LogP contribution in [-0.4, -0.2) is 25.2 Å². The predicted octanol–water partition coefficient (Wildman–Crippen LogP) is 1.60. The van der Waals surface area contributed by atoms with E-state index in [4.69, 9.17) is 9.47 Å². The fourth-order valence-electron chi connectivity index (χ4n) is 2.07. The number of benzene rings is 1. The summed E-state index contributed by atoms with van der Waals surface area (Å²) in [6.07, 6.45) is 0.750. The lowest BCUT2D eigenvalue weighted by molar-refractivity contribution is -0.117. The van der Waals surface area contributed by atoms with Gasteiger partial charge in [-0.2, -0.15) is 0 Å². The van der Waals surface area contributed by atoms with Crippen LogP contribution >= 0.6 is 0 Å². The maximum atomic E-state index is 11.7. The highest BCUT2D eigenvalue weighted by Gasteiger charge is 2.26. The van der Waals surface area contributed by atoms with E-state index in [-0.39, 0.29) is 11.9 Å². The highest BCUT2D eigenvalue weighted by Crippen LogP contribution is 2.40. The van der Waals surface area contributed by atoms with E-state index in [9.17, 15) is 4.79 Å². The van der Waals surface area contributed by atoms with Crippen molar-refractivity contribution in [3.8, 4) is 11.5 Å². The third-order valence-electron chi connectivity index (χ3n) is 2.99. The number of ether oxygens (including phenoxy) is 2. The molecule has 17 heavy (non-hydrogen) atoms. The number of rotatable bonds is 1. The van der Waals surface area contributed by atoms with Crippen LogP contribution in [0, 0.1) is 0 Å². The van der Waals surface area contributed by atoms with Crippen LogP contribution in [0.4, 0.5) is 11.4 Å². The maximum absolute atomic E-state index is 11.7. The number of carbonyl (C=O) groups excluding carboxylic acids is 1. The summed E-state index contributed by atoms with van der Waals surface area (Å²) in [5, 5.41) is 6.07. The third kappa shape index (κ3) is 1.67. The quantitative estimate of drug-likeness (QED) is 0.775. The second-order valence-electron chi connectivity index (χ2n) is 4.14. The summed E-state index contributed by atoms with van der Waals surface area (Å²) in [5.74, 6) is 1.41. The minimum atomic E-state index is -0.176. The van der Waals surface area contributed by atoms with Crippen LogP contribution < -0.4 is 20.1 Å². The molecule has 0 radical (unpaired) electrons. The van der Waals surface area contributed by atoms with E-state index in [1.807, 2.05) is 13.0 Å². The first-order valence-corrected chi connectivity index (χ1v) is 5.79. The SMILES string of the molecule is CCC1Nc2cc3c(cc2NC1=O)OCCO3. The Hall–Kier alpha value is -1.91. The molecule has 0 saturated carbocycles. The van der Waals surface area contributed by atoms with Gasteiger partial charge in [-0.15, -0.1) is 0 Å². The molecule has 2 heterocycles. The van der Waals surface area contributed by atoms with Crippen molar-refractivity contribution in [3.63, 3.8) is 0 Å². The lowest BCUT2D eigenvalue weighted by Gasteiger charge is -2.28. The van der Waals surface area contributed by atoms with Crippen molar-refractivity contribution in [2.24, 2.45) is 0 Å². The number of amides is 1. The van der Waals surface area contributed by atoms with E-state index in [2.05, 4.69) is 10.6 Å². The average molecular weight is 234 g/mol. The smallest absolute Gasteiger partial charge is 0.246 e. The lowest BCUT2D eigenvalue weighted by Crippen LogP contribution is -2.38. The molecule has 1 aromatic rings. The Morgan fingerprint density at radius 3 is 2.53 bits per heavy atom. The van der Waals surface area contributed by atoms with Crippen LogP contribution in [0.1, 0.15) is 13.3 Å². The number of fused-ring (bicyclic) bond motifs is 2. The monoisotopic (exact) mass is 234 g/mol. The summed E-state index contributed by atoms with van der Waals surface area (Å²) in [7, 11) is 0. The summed E-state index contributed by atoms with van der Waals surface area (Å²) in [6, 6.07) is 3.51. The summed E-state index contributed by atoms with van der Waals surface area (Å²) in [5.41, 5.74) is 1.64. The van der Waals surface area contributed by atoms with Gasteiger partial charge in [-0.3, -0.25) is 4.79 Å². The van der Waals surface area contributed by atoms with Gasteiger partial charge in [0.05, 0.1) is 11.4 Å². The van der Waals surface area contributed by atoms with Gasteiger partial charge in [0.25, 0.3) is 0 Å². The summed E-state index contributed by atoms with van der Waals surface area (Å²) >= 11 is 0. The molecule has 0 saturated heterocycles. The van der Waals surface area contributed by atoms with E-state index in [1.54, 1.807) is 6.07 Å². The molecule has 0 aromatic heterocycles. The van der Waals surface area contributed by atoms with E-state index in [1.165, 1.54) is 0 Å². The Kier molecular flexibility index (Phi) is 2.31. The maximum Gasteiger partial charge on any atom is 0.246 e. The largest absolute Gasteiger partial charge is 0.486 e. The summed E-state index contributed by atoms with van der Waals surface area (Å²) < 4.78 is 11.0. The lowest BCUT2D eigenvalue weighted by atomic mass is 10.1. The molecule has 2 N–H and O–H groups in total. The number of carbonyl (C=O) groups is 1. The predicted molar refractivity (Wildman–Crippen MR) is 63.8 cm³/mol. The molecule has 5 heteroatoms. The summed E-state index contributed by atoms with van der Waals surface area (Å²) in [6.45, 7) is 3.08. The number of hydrogen-bond acceptors (Lipinski definition) is 4. The van der Waals surface area contributed by atoms with Crippen LogP contribution in [0.15, 0.2) is 12.1 Å². The number of nitrogens with one attached hydrogen (secondary N) is 2. The van der Waals surface area contributed by atoms with Gasteiger partial charge in [-0.25, -0.2) is 0 Å². The molecule has 1 atom stereocenters. The van der Waals surface area contributed by atoms with Crippen molar-refractivity contribution in [2.75, 3.05) is 23.8 Å². The fraction of sp³-hybridized carbons (Fsp3) is 0.417. The van der Waals surface area contributed by atoms with Gasteiger partial charge in [0.1, 0.15) is 19.3 Å². The van der Waals surface area contributed by atoms with Crippen molar-refractivity contribution in [1.82, 2.24) is 0 Å². The molecule has 3 rings (SSSR count). The first kappa shape index (κ1) is 10.3. The number of anilines is 2. The molecule has 1 unspecified atom stereocenters. The van der Waals surface area contributed by atoms with Gasteiger partial charge < -0.3 is 20.1 Å². The van der Waals surface area contributed by atoms with Crippen molar-refractivity contribution in [1.29, 1.82) is 0 Å². The molecule has 0 aliphatic carbocycles. The summed E-state index contributed by atoms with van der Waals surface area (Å²) in [4.78, 5) is 11.7. The highest BCUT2D eigenvalue weighted by atomic mass is 16.6. The van der Waals surface area contributed by atoms with Crippen molar-refractivity contribution in [2.45, 2.75) is 19.4 Å². The molecular formula is C12H14N2O3. The molecule has 2 aliphatic heterocycles. The average Bonchev–Trinajstić information content (AvgIpc) is 2.35. The molecular weight excluding hydrogens is 220 g/mol. The van der Waals surface area contributed by atoms with Gasteiger partial charge in [0.2, 0.25) is 5.91 Å². The van der Waals surface area contributed by atoms with Crippen LogP contribution in [0.3, 0.4) is 0 Å². The molecule has 0 fully saturated rings. The minimum Gasteiger partial charge on any atom is -0.486 e. The van der Waals surface area contributed by atoms with E-state index >= 15 is 0 Å². The zero-order valence-electron chi connectivity index (χ0n) is 9.58. The van der Waals surface area contributed by atoms with Gasteiger partial charge in [-0.1, -0.05) is 6.92 Å². The molecule has 5 nitrogen and oxygen atoms in total. The van der Waals surface area contributed by atoms with Gasteiger partial charge in [0, 0.05) is 12.1 Å². The molecule has 0 spiro atoms. The van der Waals surface area contributed by atoms with Crippen LogP contribution in [0.25, 0.3) is 0 Å². The highest BCUT2D eigenvalue weighted by molar-refractivity contribution is 6.03. The van der Waals surface area contributed by atoms with Gasteiger partial charge in [0.15, 0.2) is 11.5 Å². The molecule has 90 valence electrons.